The molecule has 1 aromatic heterocycles. The number of fused-ring (bicyclic) bond motifs is 1. The average molecular weight is 258 g/mol. The third-order valence-corrected chi connectivity index (χ3v) is 3.36. The Balaban J connectivity index is 2.09. The Morgan fingerprint density at radius 1 is 1.26 bits per heavy atom. The van der Waals surface area contributed by atoms with Crippen LogP contribution in [0.2, 0.25) is 0 Å². The fourth-order valence-electron chi connectivity index (χ4n) is 2.15. The Morgan fingerprint density at radius 2 is 2.05 bits per heavy atom. The van der Waals surface area contributed by atoms with Crippen LogP contribution < -0.4 is 11.1 Å². The van der Waals surface area contributed by atoms with Crippen LogP contribution in [0.5, 0.6) is 0 Å². The van der Waals surface area contributed by atoms with E-state index in [1.807, 2.05) is 12.1 Å². The van der Waals surface area contributed by atoms with E-state index in [1.165, 1.54) is 0 Å². The number of nitrogens with one attached hydrogen (secondary N) is 1. The summed E-state index contributed by atoms with van der Waals surface area (Å²) >= 11 is 0. The van der Waals surface area contributed by atoms with Gasteiger partial charge >= 0.3 is 0 Å². The minimum absolute atomic E-state index is 0.206. The smallest absolute Gasteiger partial charge is 0.156 e. The Labute approximate surface area is 114 Å². The molecule has 0 spiro atoms. The van der Waals surface area contributed by atoms with Crippen LogP contribution >= 0.6 is 0 Å². The van der Waals surface area contributed by atoms with Crippen LogP contribution in [-0.4, -0.2) is 23.3 Å². The monoisotopic (exact) mass is 258 g/mol. The Kier molecular flexibility index (Phi) is 4.32. The average Bonchev–Trinajstić information content (AvgIpc) is 2.43. The Morgan fingerprint density at radius 3 is 2.84 bits per heavy atom. The highest BCUT2D eigenvalue weighted by Crippen LogP contribution is 2.24. The highest BCUT2D eigenvalue weighted by Gasteiger charge is 2.17. The largest absolute Gasteiger partial charge is 0.368 e. The number of nitrogens with zero attached hydrogens (tertiary/aromatic N) is 2. The van der Waals surface area contributed by atoms with E-state index >= 15 is 0 Å². The number of anilines is 1. The molecular formula is C15H22N4. The van der Waals surface area contributed by atoms with Gasteiger partial charge in [-0.05, 0) is 24.8 Å². The molecule has 102 valence electrons. The van der Waals surface area contributed by atoms with Gasteiger partial charge in [0.25, 0.3) is 0 Å². The second-order valence-electron chi connectivity index (χ2n) is 5.69. The van der Waals surface area contributed by atoms with Crippen molar-refractivity contribution in [2.45, 2.75) is 26.7 Å². The summed E-state index contributed by atoms with van der Waals surface area (Å²) in [4.78, 5) is 0. The molecular weight excluding hydrogens is 236 g/mol. The first-order valence-corrected chi connectivity index (χ1v) is 6.77. The molecule has 1 heterocycles. The number of benzene rings is 1. The van der Waals surface area contributed by atoms with Gasteiger partial charge < -0.3 is 11.1 Å². The number of hydrogen-bond donors (Lipinski definition) is 2. The van der Waals surface area contributed by atoms with Crippen LogP contribution in [-0.2, 0) is 0 Å². The minimum atomic E-state index is 0.206. The van der Waals surface area contributed by atoms with Crippen LogP contribution in [0.4, 0.5) is 5.82 Å². The molecule has 0 saturated heterocycles. The molecule has 0 amide bonds. The van der Waals surface area contributed by atoms with Gasteiger partial charge in [-0.1, -0.05) is 38.1 Å². The zero-order valence-electron chi connectivity index (χ0n) is 11.7. The second-order valence-corrected chi connectivity index (χ2v) is 5.69. The first-order valence-electron chi connectivity index (χ1n) is 6.77. The topological polar surface area (TPSA) is 63.8 Å². The van der Waals surface area contributed by atoms with Crippen molar-refractivity contribution in [3.8, 4) is 0 Å². The van der Waals surface area contributed by atoms with Crippen molar-refractivity contribution < 1.29 is 0 Å². The lowest BCUT2D eigenvalue weighted by Gasteiger charge is -2.25. The molecule has 0 aliphatic carbocycles. The van der Waals surface area contributed by atoms with E-state index in [9.17, 15) is 0 Å². The van der Waals surface area contributed by atoms with Crippen LogP contribution in [0.15, 0.2) is 30.5 Å². The molecule has 3 N–H and O–H groups in total. The molecule has 4 heteroatoms. The molecule has 1 aromatic carbocycles. The summed E-state index contributed by atoms with van der Waals surface area (Å²) in [6, 6.07) is 8.15. The van der Waals surface area contributed by atoms with E-state index in [0.717, 1.165) is 42.5 Å². The summed E-state index contributed by atoms with van der Waals surface area (Å²) in [6.07, 6.45) is 3.95. The molecule has 0 fully saturated rings. The zero-order chi connectivity index (χ0) is 13.7. The van der Waals surface area contributed by atoms with E-state index < -0.39 is 0 Å². The third kappa shape index (κ3) is 3.64. The van der Waals surface area contributed by atoms with Gasteiger partial charge in [-0.25, -0.2) is 0 Å². The molecule has 0 unspecified atom stereocenters. The molecule has 0 saturated carbocycles. The molecule has 0 aliphatic rings. The van der Waals surface area contributed by atoms with Crippen LogP contribution in [0, 0.1) is 5.41 Å². The third-order valence-electron chi connectivity index (χ3n) is 3.36. The maximum atomic E-state index is 5.57. The van der Waals surface area contributed by atoms with Gasteiger partial charge in [0.15, 0.2) is 5.82 Å². The van der Waals surface area contributed by atoms with Crippen molar-refractivity contribution in [1.82, 2.24) is 10.2 Å². The number of rotatable bonds is 6. The van der Waals surface area contributed by atoms with Crippen LogP contribution in [0.1, 0.15) is 26.7 Å². The Bertz CT molecular complexity index is 531. The van der Waals surface area contributed by atoms with E-state index in [0.29, 0.717) is 0 Å². The first kappa shape index (κ1) is 13.7. The van der Waals surface area contributed by atoms with Gasteiger partial charge in [0.2, 0.25) is 0 Å². The van der Waals surface area contributed by atoms with Gasteiger partial charge in [0.05, 0.1) is 6.20 Å². The fourth-order valence-corrected chi connectivity index (χ4v) is 2.15. The molecule has 19 heavy (non-hydrogen) atoms. The van der Waals surface area contributed by atoms with Crippen molar-refractivity contribution in [1.29, 1.82) is 0 Å². The zero-order valence-corrected chi connectivity index (χ0v) is 11.7. The van der Waals surface area contributed by atoms with E-state index in [2.05, 4.69) is 41.5 Å². The second kappa shape index (κ2) is 5.97. The molecule has 2 aromatic rings. The normalized spacial score (nSPS) is 11.7. The Hall–Kier alpha value is -1.68. The maximum Gasteiger partial charge on any atom is 0.156 e. The predicted molar refractivity (Wildman–Crippen MR) is 80.1 cm³/mol. The first-order chi connectivity index (χ1) is 9.12. The van der Waals surface area contributed by atoms with Gasteiger partial charge in [0.1, 0.15) is 0 Å². The molecule has 0 bridgehead atoms. The van der Waals surface area contributed by atoms with Gasteiger partial charge in [0, 0.05) is 17.3 Å². The summed E-state index contributed by atoms with van der Waals surface area (Å²) in [6.45, 7) is 6.11. The molecule has 2 rings (SSSR count). The lowest BCUT2D eigenvalue weighted by Crippen LogP contribution is -2.24. The lowest BCUT2D eigenvalue weighted by molar-refractivity contribution is 0.350. The van der Waals surface area contributed by atoms with Gasteiger partial charge in [-0.3, -0.25) is 0 Å². The molecule has 0 aliphatic heterocycles. The van der Waals surface area contributed by atoms with E-state index in [1.54, 1.807) is 6.20 Å². The summed E-state index contributed by atoms with van der Waals surface area (Å²) in [5.74, 6) is 0.860. The minimum Gasteiger partial charge on any atom is -0.368 e. The highest BCUT2D eigenvalue weighted by atomic mass is 15.2. The summed E-state index contributed by atoms with van der Waals surface area (Å²) in [7, 11) is 0. The summed E-state index contributed by atoms with van der Waals surface area (Å²) < 4.78 is 0. The fraction of sp³-hybridized carbons (Fsp3) is 0.467. The summed E-state index contributed by atoms with van der Waals surface area (Å²) in [5, 5.41) is 13.9. The molecule has 0 radical (unpaired) electrons. The van der Waals surface area contributed by atoms with Crippen molar-refractivity contribution >= 4 is 16.6 Å². The predicted octanol–water partition coefficient (Wildman–Crippen LogP) is 2.81. The lowest BCUT2D eigenvalue weighted by atomic mass is 9.88. The number of hydrogen-bond acceptors (Lipinski definition) is 4. The van der Waals surface area contributed by atoms with Crippen molar-refractivity contribution in [3.63, 3.8) is 0 Å². The van der Waals surface area contributed by atoms with Crippen molar-refractivity contribution in [3.05, 3.63) is 30.5 Å². The van der Waals surface area contributed by atoms with Crippen LogP contribution in [0.25, 0.3) is 10.8 Å². The van der Waals surface area contributed by atoms with Gasteiger partial charge in [-0.2, -0.15) is 5.10 Å². The van der Waals surface area contributed by atoms with E-state index in [-0.39, 0.29) is 5.41 Å². The van der Waals surface area contributed by atoms with Crippen molar-refractivity contribution in [2.75, 3.05) is 18.4 Å². The van der Waals surface area contributed by atoms with Crippen molar-refractivity contribution in [2.24, 2.45) is 11.1 Å². The quantitative estimate of drug-likeness (QED) is 0.836. The SMILES string of the molecule is CC(C)(CCCN)CNc1nncc2ccccc12. The van der Waals surface area contributed by atoms with E-state index in [4.69, 9.17) is 5.73 Å². The van der Waals surface area contributed by atoms with Gasteiger partial charge in [-0.15, -0.1) is 5.10 Å². The highest BCUT2D eigenvalue weighted by molar-refractivity contribution is 5.90. The number of aromatic nitrogens is 2. The standard InChI is InChI=1S/C15H22N4/c1-15(2,8-5-9-16)11-17-14-13-7-4-3-6-12(13)10-18-19-14/h3-4,6-7,10H,5,8-9,11,16H2,1-2H3,(H,17,19). The molecule has 0 atom stereocenters. The van der Waals surface area contributed by atoms with Crippen LogP contribution in [0.3, 0.4) is 0 Å². The summed E-state index contributed by atoms with van der Waals surface area (Å²) in [5.41, 5.74) is 5.78. The molecule has 4 nitrogen and oxygen atoms in total. The maximum absolute atomic E-state index is 5.57. The number of nitrogens with two attached hydrogens (primary N) is 1.